The Balaban J connectivity index is 1.71. The van der Waals surface area contributed by atoms with Gasteiger partial charge in [-0.3, -0.25) is 0 Å². The molecule has 0 spiro atoms. The van der Waals surface area contributed by atoms with Crippen LogP contribution < -0.4 is 10.5 Å². The second kappa shape index (κ2) is 6.27. The van der Waals surface area contributed by atoms with Crippen molar-refractivity contribution in [3.8, 4) is 28.7 Å². The normalized spacial score (nSPS) is 11.8. The van der Waals surface area contributed by atoms with Crippen LogP contribution in [0.3, 0.4) is 0 Å². The van der Waals surface area contributed by atoms with Gasteiger partial charge < -0.3 is 19.9 Å². The van der Waals surface area contributed by atoms with Gasteiger partial charge in [-0.1, -0.05) is 5.10 Å². The molecule has 3 heterocycles. The van der Waals surface area contributed by atoms with E-state index in [2.05, 4.69) is 29.9 Å². The van der Waals surface area contributed by atoms with E-state index in [4.69, 9.17) is 10.2 Å². The van der Waals surface area contributed by atoms with Gasteiger partial charge in [-0.25, -0.2) is 4.98 Å². The number of alkyl halides is 3. The number of aromatic nitrogens is 5. The number of aromatic amines is 1. The Labute approximate surface area is 149 Å². The van der Waals surface area contributed by atoms with Crippen LogP contribution in [0.25, 0.3) is 33.7 Å². The Morgan fingerprint density at radius 1 is 1.19 bits per heavy atom. The fraction of sp³-hybridized carbons (Fsp3) is 0.125. The lowest BCUT2D eigenvalue weighted by molar-refractivity contribution is -0.154. The molecule has 138 valence electrons. The maximum Gasteiger partial charge on any atom is 0.422 e. The number of halogens is 3. The van der Waals surface area contributed by atoms with Gasteiger partial charge in [-0.05, 0) is 18.2 Å². The van der Waals surface area contributed by atoms with Gasteiger partial charge in [0.15, 0.2) is 12.4 Å². The van der Waals surface area contributed by atoms with E-state index in [0.717, 1.165) is 10.9 Å². The van der Waals surface area contributed by atoms with Crippen molar-refractivity contribution >= 4 is 16.9 Å². The summed E-state index contributed by atoms with van der Waals surface area (Å²) in [7, 11) is 0. The number of nitrogens with zero attached hydrogens (tertiary/aromatic N) is 4. The van der Waals surface area contributed by atoms with Crippen molar-refractivity contribution in [3.05, 3.63) is 36.7 Å². The first-order valence-corrected chi connectivity index (χ1v) is 7.62. The van der Waals surface area contributed by atoms with Gasteiger partial charge in [0, 0.05) is 40.5 Å². The highest BCUT2D eigenvalue weighted by Crippen LogP contribution is 2.31. The molecule has 4 aromatic rings. The predicted octanol–water partition coefficient (Wildman–Crippen LogP) is 3.20. The predicted molar refractivity (Wildman–Crippen MR) is 88.6 cm³/mol. The number of nitrogen functional groups attached to an aromatic ring is 1. The fourth-order valence-electron chi connectivity index (χ4n) is 2.50. The molecular weight excluding hydrogens is 365 g/mol. The van der Waals surface area contributed by atoms with Gasteiger partial charge in [0.2, 0.25) is 11.8 Å². The molecule has 1 aromatic carbocycles. The Hall–Kier alpha value is -3.63. The lowest BCUT2D eigenvalue weighted by atomic mass is 10.1. The molecule has 27 heavy (non-hydrogen) atoms. The number of hydrogen-bond donors (Lipinski definition) is 2. The first-order valence-electron chi connectivity index (χ1n) is 7.62. The summed E-state index contributed by atoms with van der Waals surface area (Å²) in [5.41, 5.74) is 7.42. The molecule has 8 nitrogen and oxygen atoms in total. The first kappa shape index (κ1) is 16.8. The summed E-state index contributed by atoms with van der Waals surface area (Å²) in [6.45, 7) is -1.43. The minimum Gasteiger partial charge on any atom is -0.468 e. The Bertz CT molecular complexity index is 1100. The SMILES string of the molecule is Nc1nnc(-c2ccc3[nH]cc(-c4nccc(OCC(F)(F)F)n4)c3c2)o1. The smallest absolute Gasteiger partial charge is 0.422 e. The number of nitrogens with two attached hydrogens (primary N) is 1. The number of ether oxygens (including phenoxy) is 1. The Kier molecular flexibility index (Phi) is 3.90. The van der Waals surface area contributed by atoms with Crippen LogP contribution in [0.2, 0.25) is 0 Å². The number of H-pyrrole nitrogens is 1. The molecule has 0 aliphatic heterocycles. The minimum absolute atomic E-state index is 0.0581. The van der Waals surface area contributed by atoms with Crippen molar-refractivity contribution < 1.29 is 22.3 Å². The molecule has 4 rings (SSSR count). The van der Waals surface area contributed by atoms with E-state index in [1.54, 1.807) is 24.4 Å². The molecule has 0 bridgehead atoms. The highest BCUT2D eigenvalue weighted by Gasteiger charge is 2.28. The highest BCUT2D eigenvalue weighted by atomic mass is 19.4. The van der Waals surface area contributed by atoms with Crippen molar-refractivity contribution in [1.82, 2.24) is 25.1 Å². The van der Waals surface area contributed by atoms with E-state index in [1.165, 1.54) is 12.3 Å². The second-order valence-corrected chi connectivity index (χ2v) is 5.53. The lowest BCUT2D eigenvalue weighted by Gasteiger charge is -2.08. The van der Waals surface area contributed by atoms with Gasteiger partial charge in [0.05, 0.1) is 0 Å². The monoisotopic (exact) mass is 376 g/mol. The maximum atomic E-state index is 12.3. The molecule has 3 aromatic heterocycles. The van der Waals surface area contributed by atoms with Crippen LogP contribution >= 0.6 is 0 Å². The summed E-state index contributed by atoms with van der Waals surface area (Å²) in [6, 6.07) is 6.52. The topological polar surface area (TPSA) is 116 Å². The first-order chi connectivity index (χ1) is 12.9. The number of fused-ring (bicyclic) bond motifs is 1. The lowest BCUT2D eigenvalue weighted by Crippen LogP contribution is -2.19. The van der Waals surface area contributed by atoms with Crippen molar-refractivity contribution in [3.63, 3.8) is 0 Å². The number of rotatable bonds is 4. The standard InChI is InChI=1S/C16H11F3N6O2/c17-16(18,19)7-26-12-3-4-21-13(23-12)10-6-22-11-2-1-8(5-9(10)11)14-24-25-15(20)27-14/h1-6,22H,7H2,(H2,20,25). The van der Waals surface area contributed by atoms with Crippen LogP contribution in [0, 0.1) is 0 Å². The Morgan fingerprint density at radius 2 is 2.04 bits per heavy atom. The molecule has 0 saturated carbocycles. The average molecular weight is 376 g/mol. The highest BCUT2D eigenvalue weighted by molar-refractivity contribution is 5.96. The third-order valence-electron chi connectivity index (χ3n) is 3.62. The largest absolute Gasteiger partial charge is 0.468 e. The molecule has 11 heteroatoms. The number of anilines is 1. The molecule has 0 atom stereocenters. The van der Waals surface area contributed by atoms with Gasteiger partial charge in [-0.15, -0.1) is 5.10 Å². The Morgan fingerprint density at radius 3 is 2.78 bits per heavy atom. The van der Waals surface area contributed by atoms with Gasteiger partial charge >= 0.3 is 12.2 Å². The molecule has 0 aliphatic rings. The van der Waals surface area contributed by atoms with Crippen molar-refractivity contribution in [2.75, 3.05) is 12.3 Å². The van der Waals surface area contributed by atoms with Crippen LogP contribution in [-0.4, -0.2) is 37.9 Å². The maximum absolute atomic E-state index is 12.3. The summed E-state index contributed by atoms with van der Waals surface area (Å²) >= 11 is 0. The van der Waals surface area contributed by atoms with Crippen LogP contribution in [0.15, 0.2) is 41.1 Å². The van der Waals surface area contributed by atoms with E-state index in [-0.39, 0.29) is 23.6 Å². The van der Waals surface area contributed by atoms with Crippen LogP contribution in [-0.2, 0) is 0 Å². The van der Waals surface area contributed by atoms with Crippen LogP contribution in [0.5, 0.6) is 5.88 Å². The van der Waals surface area contributed by atoms with Crippen molar-refractivity contribution in [1.29, 1.82) is 0 Å². The third kappa shape index (κ3) is 3.52. The van der Waals surface area contributed by atoms with E-state index < -0.39 is 12.8 Å². The van der Waals surface area contributed by atoms with Crippen molar-refractivity contribution in [2.45, 2.75) is 6.18 Å². The van der Waals surface area contributed by atoms with Crippen LogP contribution in [0.4, 0.5) is 19.2 Å². The summed E-state index contributed by atoms with van der Waals surface area (Å²) in [5.74, 6) is 0.278. The summed E-state index contributed by atoms with van der Waals surface area (Å²) in [6.07, 6.45) is -1.47. The molecule has 0 amide bonds. The third-order valence-corrected chi connectivity index (χ3v) is 3.62. The zero-order valence-corrected chi connectivity index (χ0v) is 13.5. The van der Waals surface area contributed by atoms with Gasteiger partial charge in [0.25, 0.3) is 0 Å². The molecule has 0 radical (unpaired) electrons. The zero-order chi connectivity index (χ0) is 19.0. The van der Waals surface area contributed by atoms with E-state index in [0.29, 0.717) is 11.1 Å². The zero-order valence-electron chi connectivity index (χ0n) is 13.5. The number of hydrogen-bond acceptors (Lipinski definition) is 7. The second-order valence-electron chi connectivity index (χ2n) is 5.53. The fourth-order valence-corrected chi connectivity index (χ4v) is 2.50. The summed E-state index contributed by atoms with van der Waals surface area (Å²) in [5, 5.41) is 8.16. The summed E-state index contributed by atoms with van der Waals surface area (Å²) in [4.78, 5) is 11.2. The molecule has 3 N–H and O–H groups in total. The molecule has 0 unspecified atom stereocenters. The van der Waals surface area contributed by atoms with E-state index in [9.17, 15) is 13.2 Å². The molecular formula is C16H11F3N6O2. The molecule has 0 saturated heterocycles. The van der Waals surface area contributed by atoms with E-state index >= 15 is 0 Å². The van der Waals surface area contributed by atoms with Gasteiger partial charge in [0.1, 0.15) is 0 Å². The van der Waals surface area contributed by atoms with Crippen LogP contribution in [0.1, 0.15) is 0 Å². The average Bonchev–Trinajstić information content (AvgIpc) is 3.25. The quantitative estimate of drug-likeness (QED) is 0.562. The molecule has 0 fully saturated rings. The summed E-state index contributed by atoms with van der Waals surface area (Å²) < 4.78 is 46.9. The number of benzene rings is 1. The minimum atomic E-state index is -4.45. The van der Waals surface area contributed by atoms with Gasteiger partial charge in [-0.2, -0.15) is 18.2 Å². The number of nitrogens with one attached hydrogen (secondary N) is 1. The van der Waals surface area contributed by atoms with Crippen molar-refractivity contribution in [2.24, 2.45) is 0 Å². The molecule has 0 aliphatic carbocycles. The van der Waals surface area contributed by atoms with E-state index in [1.807, 2.05) is 0 Å².